The molecule has 3 fully saturated rings. The topological polar surface area (TPSA) is 43.3 Å². The molecule has 3 heterocycles. The highest BCUT2D eigenvalue weighted by atomic mass is 35.5. The van der Waals surface area contributed by atoms with Gasteiger partial charge in [-0.2, -0.15) is 0 Å². The summed E-state index contributed by atoms with van der Waals surface area (Å²) in [5, 5.41) is 4.23. The number of likely N-dealkylation sites (N-methyl/N-ethyl adjacent to an activating group) is 1. The summed E-state index contributed by atoms with van der Waals surface area (Å²) in [4.78, 5) is 11.6. The summed E-state index contributed by atoms with van der Waals surface area (Å²) in [6.07, 6.45) is 0. The maximum absolute atomic E-state index is 5.88. The van der Waals surface area contributed by atoms with Gasteiger partial charge in [-0.1, -0.05) is 11.6 Å². The summed E-state index contributed by atoms with van der Waals surface area (Å²) in [6.45, 7) is 8.27. The van der Waals surface area contributed by atoms with Crippen molar-refractivity contribution < 1.29 is 4.74 Å². The number of nitrogens with one attached hydrogen (secondary N) is 1. The highest BCUT2D eigenvalue weighted by molar-refractivity contribution is 6.30. The first kappa shape index (κ1) is 18.3. The zero-order valence-corrected chi connectivity index (χ0v) is 15.9. The van der Waals surface area contributed by atoms with E-state index in [9.17, 15) is 0 Å². The predicted molar refractivity (Wildman–Crippen MR) is 103 cm³/mol. The number of nitrogens with zero attached hydrogens (tertiary/aromatic N) is 4. The van der Waals surface area contributed by atoms with Gasteiger partial charge in [0.2, 0.25) is 0 Å². The molecule has 1 atom stereocenters. The first-order valence-corrected chi connectivity index (χ1v) is 9.30. The summed E-state index contributed by atoms with van der Waals surface area (Å²) >= 11 is 5.88. The Hall–Kier alpha value is -1.50. The highest BCUT2D eigenvalue weighted by Crippen LogP contribution is 2.16. The van der Waals surface area contributed by atoms with Gasteiger partial charge in [0.05, 0.1) is 6.54 Å². The molecule has 0 aliphatic carbocycles. The molecule has 0 saturated carbocycles. The summed E-state index contributed by atoms with van der Waals surface area (Å²) < 4.78 is 5.76. The average Bonchev–Trinajstić information content (AvgIpc) is 2.65. The fourth-order valence-corrected chi connectivity index (χ4v) is 3.58. The van der Waals surface area contributed by atoms with Gasteiger partial charge in [-0.25, -0.2) is 0 Å². The summed E-state index contributed by atoms with van der Waals surface area (Å²) in [5.74, 6) is 1.75. The summed E-state index contributed by atoms with van der Waals surface area (Å²) in [6, 6.07) is 8.03. The number of fused-ring (bicyclic) bond motifs is 3. The van der Waals surface area contributed by atoms with Crippen molar-refractivity contribution in [3.8, 4) is 5.75 Å². The van der Waals surface area contributed by atoms with Crippen molar-refractivity contribution in [2.75, 3.05) is 66.5 Å². The van der Waals surface area contributed by atoms with Gasteiger partial charge in [-0.15, -0.1) is 0 Å². The zero-order valence-electron chi connectivity index (χ0n) is 15.1. The van der Waals surface area contributed by atoms with E-state index in [0.29, 0.717) is 12.6 Å². The lowest BCUT2D eigenvalue weighted by Gasteiger charge is -2.47. The second-order valence-electron chi connectivity index (χ2n) is 6.64. The van der Waals surface area contributed by atoms with E-state index in [1.54, 1.807) is 0 Å². The van der Waals surface area contributed by atoms with Gasteiger partial charge >= 0.3 is 0 Å². The van der Waals surface area contributed by atoms with Crippen LogP contribution in [-0.2, 0) is 0 Å². The minimum atomic E-state index is 0.581. The molecule has 1 unspecified atom stereocenters. The fraction of sp³-hybridized carbons (Fsp3) is 0.611. The smallest absolute Gasteiger partial charge is 0.193 e. The van der Waals surface area contributed by atoms with Crippen molar-refractivity contribution in [3.05, 3.63) is 29.3 Å². The molecule has 138 valence electrons. The SMILES string of the molecule is CN=C(NCC1CN2CCN1CC2)N(C)CCOc1ccc(Cl)cc1. The molecule has 1 aromatic rings. The van der Waals surface area contributed by atoms with Crippen LogP contribution in [0.4, 0.5) is 0 Å². The van der Waals surface area contributed by atoms with Crippen molar-refractivity contribution in [2.45, 2.75) is 6.04 Å². The standard InChI is InChI=1S/C18H28ClN5O/c1-20-18(21-13-16-14-23-7-9-24(16)10-8-23)22(2)11-12-25-17-5-3-15(19)4-6-17/h3-6,16H,7-14H2,1-2H3,(H,20,21). The minimum Gasteiger partial charge on any atom is -0.492 e. The molecular formula is C18H28ClN5O. The van der Waals surface area contributed by atoms with Crippen LogP contribution < -0.4 is 10.1 Å². The molecule has 0 aromatic heterocycles. The Morgan fingerprint density at radius 3 is 2.60 bits per heavy atom. The second kappa shape index (κ2) is 8.74. The van der Waals surface area contributed by atoms with Crippen molar-refractivity contribution in [1.82, 2.24) is 20.0 Å². The molecule has 0 spiro atoms. The maximum atomic E-state index is 5.88. The number of piperazine rings is 3. The van der Waals surface area contributed by atoms with E-state index in [4.69, 9.17) is 16.3 Å². The molecule has 3 aliphatic heterocycles. The maximum Gasteiger partial charge on any atom is 0.193 e. The second-order valence-corrected chi connectivity index (χ2v) is 7.08. The first-order valence-electron chi connectivity index (χ1n) is 8.92. The summed E-state index contributed by atoms with van der Waals surface area (Å²) in [5.41, 5.74) is 0. The third kappa shape index (κ3) is 5.00. The van der Waals surface area contributed by atoms with Gasteiger partial charge in [-0.05, 0) is 24.3 Å². The quantitative estimate of drug-likeness (QED) is 0.606. The van der Waals surface area contributed by atoms with Gasteiger partial charge in [0.25, 0.3) is 0 Å². The average molecular weight is 366 g/mol. The van der Waals surface area contributed by atoms with E-state index in [0.717, 1.165) is 36.4 Å². The molecule has 25 heavy (non-hydrogen) atoms. The molecule has 2 bridgehead atoms. The van der Waals surface area contributed by atoms with Crippen LogP contribution in [0.3, 0.4) is 0 Å². The van der Waals surface area contributed by atoms with Crippen LogP contribution in [0.2, 0.25) is 5.02 Å². The Kier molecular flexibility index (Phi) is 6.39. The van der Waals surface area contributed by atoms with Crippen molar-refractivity contribution in [3.63, 3.8) is 0 Å². The monoisotopic (exact) mass is 365 g/mol. The van der Waals surface area contributed by atoms with Gasteiger partial charge < -0.3 is 15.0 Å². The molecule has 6 nitrogen and oxygen atoms in total. The van der Waals surface area contributed by atoms with Crippen LogP contribution in [0, 0.1) is 0 Å². The molecule has 3 aliphatic rings. The van der Waals surface area contributed by atoms with E-state index < -0.39 is 0 Å². The predicted octanol–water partition coefficient (Wildman–Crippen LogP) is 1.23. The number of hydrogen-bond donors (Lipinski definition) is 1. The van der Waals surface area contributed by atoms with Gasteiger partial charge in [0.15, 0.2) is 5.96 Å². The van der Waals surface area contributed by atoms with Crippen LogP contribution in [0.1, 0.15) is 0 Å². The molecule has 4 rings (SSSR count). The third-order valence-electron chi connectivity index (χ3n) is 4.97. The van der Waals surface area contributed by atoms with E-state index in [-0.39, 0.29) is 0 Å². The fourth-order valence-electron chi connectivity index (χ4n) is 3.45. The molecule has 3 saturated heterocycles. The lowest BCUT2D eigenvalue weighted by molar-refractivity contribution is 0.0152. The largest absolute Gasteiger partial charge is 0.492 e. The van der Waals surface area contributed by atoms with E-state index in [1.807, 2.05) is 38.4 Å². The lowest BCUT2D eigenvalue weighted by Crippen LogP contribution is -2.63. The van der Waals surface area contributed by atoms with Crippen LogP contribution >= 0.6 is 11.6 Å². The van der Waals surface area contributed by atoms with Gasteiger partial charge in [0.1, 0.15) is 12.4 Å². The number of halogens is 1. The van der Waals surface area contributed by atoms with E-state index >= 15 is 0 Å². The van der Waals surface area contributed by atoms with Gasteiger partial charge in [-0.3, -0.25) is 14.8 Å². The van der Waals surface area contributed by atoms with Crippen LogP contribution in [0.15, 0.2) is 29.3 Å². The Balaban J connectivity index is 1.40. The molecule has 0 amide bonds. The van der Waals surface area contributed by atoms with Gasteiger partial charge in [0, 0.05) is 64.4 Å². The summed E-state index contributed by atoms with van der Waals surface area (Å²) in [7, 11) is 3.87. The minimum absolute atomic E-state index is 0.581. The number of rotatable bonds is 6. The Morgan fingerprint density at radius 2 is 2.00 bits per heavy atom. The van der Waals surface area contributed by atoms with Crippen molar-refractivity contribution >= 4 is 17.6 Å². The van der Waals surface area contributed by atoms with E-state index in [1.165, 1.54) is 26.2 Å². The number of guanidine groups is 1. The Labute approximate surface area is 155 Å². The third-order valence-corrected chi connectivity index (χ3v) is 5.22. The van der Waals surface area contributed by atoms with Crippen LogP contribution in [0.25, 0.3) is 0 Å². The molecule has 1 aromatic carbocycles. The van der Waals surface area contributed by atoms with E-state index in [2.05, 4.69) is 25.0 Å². The highest BCUT2D eigenvalue weighted by Gasteiger charge is 2.31. The molecule has 0 radical (unpaired) electrons. The number of ether oxygens (including phenoxy) is 1. The first-order chi connectivity index (χ1) is 12.2. The zero-order chi connectivity index (χ0) is 17.6. The molecule has 7 heteroatoms. The Morgan fingerprint density at radius 1 is 1.28 bits per heavy atom. The normalized spacial score (nSPS) is 25.7. The number of hydrogen-bond acceptors (Lipinski definition) is 4. The number of benzene rings is 1. The molecular weight excluding hydrogens is 338 g/mol. The lowest BCUT2D eigenvalue weighted by atomic mass is 10.1. The van der Waals surface area contributed by atoms with Crippen LogP contribution in [0.5, 0.6) is 5.75 Å². The van der Waals surface area contributed by atoms with Crippen LogP contribution in [-0.4, -0.2) is 93.2 Å². The van der Waals surface area contributed by atoms with Crippen molar-refractivity contribution in [2.24, 2.45) is 4.99 Å². The van der Waals surface area contributed by atoms with Crippen molar-refractivity contribution in [1.29, 1.82) is 0 Å². The number of aliphatic imine (C=N–C) groups is 1. The molecule has 1 N–H and O–H groups in total. The Bertz CT molecular complexity index is 571.